The van der Waals surface area contributed by atoms with Crippen molar-refractivity contribution in [3.8, 4) is 0 Å². The van der Waals surface area contributed by atoms with Crippen LogP contribution < -0.4 is 5.32 Å². The first-order chi connectivity index (χ1) is 13.1. The monoisotopic (exact) mass is 365 g/mol. The lowest BCUT2D eigenvalue weighted by Crippen LogP contribution is -2.53. The van der Waals surface area contributed by atoms with Crippen molar-refractivity contribution in [1.29, 1.82) is 0 Å². The Morgan fingerprint density at radius 2 is 1.33 bits per heavy atom. The number of carbonyl (C=O) groups is 3. The van der Waals surface area contributed by atoms with E-state index in [9.17, 15) is 14.4 Å². The van der Waals surface area contributed by atoms with Gasteiger partial charge in [-0.2, -0.15) is 0 Å². The van der Waals surface area contributed by atoms with Gasteiger partial charge in [-0.1, -0.05) is 48.5 Å². The van der Waals surface area contributed by atoms with Crippen molar-refractivity contribution in [2.24, 2.45) is 0 Å². The maximum absolute atomic E-state index is 13.1. The van der Waals surface area contributed by atoms with Gasteiger partial charge in [-0.3, -0.25) is 14.4 Å². The molecule has 0 radical (unpaired) electrons. The molecule has 1 aliphatic rings. The van der Waals surface area contributed by atoms with Crippen LogP contribution in [0, 0.1) is 0 Å². The Labute approximate surface area is 158 Å². The smallest absolute Gasteiger partial charge is 0.252 e. The van der Waals surface area contributed by atoms with Crippen LogP contribution in [0.5, 0.6) is 0 Å². The lowest BCUT2D eigenvalue weighted by Gasteiger charge is -2.36. The molecule has 0 aliphatic carbocycles. The van der Waals surface area contributed by atoms with Crippen LogP contribution >= 0.6 is 0 Å². The summed E-state index contributed by atoms with van der Waals surface area (Å²) in [6, 6.07) is 17.3. The van der Waals surface area contributed by atoms with Crippen LogP contribution in [0.15, 0.2) is 60.7 Å². The molecule has 1 fully saturated rings. The second-order valence-electron chi connectivity index (χ2n) is 6.51. The molecule has 1 aliphatic heterocycles. The van der Waals surface area contributed by atoms with Gasteiger partial charge < -0.3 is 15.1 Å². The minimum atomic E-state index is -0.761. The fourth-order valence-corrected chi connectivity index (χ4v) is 3.16. The normalized spacial score (nSPS) is 15.1. The molecule has 0 bridgehead atoms. The van der Waals surface area contributed by atoms with Gasteiger partial charge in [-0.15, -0.1) is 0 Å². The first-order valence-electron chi connectivity index (χ1n) is 9.01. The summed E-state index contributed by atoms with van der Waals surface area (Å²) >= 11 is 0. The summed E-state index contributed by atoms with van der Waals surface area (Å²) in [6.07, 6.45) is 0. The van der Waals surface area contributed by atoms with Crippen LogP contribution in [0.4, 0.5) is 0 Å². The van der Waals surface area contributed by atoms with E-state index in [1.165, 1.54) is 6.92 Å². The maximum Gasteiger partial charge on any atom is 0.252 e. The zero-order chi connectivity index (χ0) is 19.2. The largest absolute Gasteiger partial charge is 0.339 e. The van der Waals surface area contributed by atoms with Crippen molar-refractivity contribution < 1.29 is 14.4 Å². The fraction of sp³-hybridized carbons (Fsp3) is 0.286. The molecular weight excluding hydrogens is 342 g/mol. The highest BCUT2D eigenvalue weighted by molar-refractivity contribution is 5.97. The molecule has 1 saturated heterocycles. The number of carbonyl (C=O) groups excluding carboxylic acids is 3. The highest BCUT2D eigenvalue weighted by Crippen LogP contribution is 2.18. The predicted octanol–water partition coefficient (Wildman–Crippen LogP) is 1.85. The van der Waals surface area contributed by atoms with Gasteiger partial charge in [0.05, 0.1) is 0 Å². The predicted molar refractivity (Wildman–Crippen MR) is 102 cm³/mol. The number of hydrogen-bond acceptors (Lipinski definition) is 3. The van der Waals surface area contributed by atoms with Crippen molar-refractivity contribution in [1.82, 2.24) is 15.1 Å². The number of rotatable bonds is 4. The van der Waals surface area contributed by atoms with Gasteiger partial charge in [0.2, 0.25) is 11.8 Å². The van der Waals surface area contributed by atoms with Crippen molar-refractivity contribution >= 4 is 17.7 Å². The van der Waals surface area contributed by atoms with E-state index in [0.717, 1.165) is 5.56 Å². The van der Waals surface area contributed by atoms with E-state index in [0.29, 0.717) is 31.7 Å². The van der Waals surface area contributed by atoms with Crippen LogP contribution in [0.1, 0.15) is 28.9 Å². The summed E-state index contributed by atoms with van der Waals surface area (Å²) in [4.78, 5) is 40.7. The average Bonchev–Trinajstić information content (AvgIpc) is 2.72. The molecule has 6 heteroatoms. The van der Waals surface area contributed by atoms with E-state index in [-0.39, 0.29) is 17.7 Å². The topological polar surface area (TPSA) is 69.7 Å². The molecule has 3 amide bonds. The van der Waals surface area contributed by atoms with Gasteiger partial charge in [-0.25, -0.2) is 0 Å². The first-order valence-corrected chi connectivity index (χ1v) is 9.01. The Kier molecular flexibility index (Phi) is 5.86. The van der Waals surface area contributed by atoms with E-state index in [2.05, 4.69) is 5.32 Å². The Balaban J connectivity index is 1.77. The van der Waals surface area contributed by atoms with Gasteiger partial charge in [-0.05, 0) is 17.7 Å². The van der Waals surface area contributed by atoms with Crippen molar-refractivity contribution in [2.45, 2.75) is 13.0 Å². The molecule has 0 saturated carbocycles. The van der Waals surface area contributed by atoms with Gasteiger partial charge in [0.15, 0.2) is 0 Å². The summed E-state index contributed by atoms with van der Waals surface area (Å²) < 4.78 is 0. The lowest BCUT2D eigenvalue weighted by atomic mass is 10.0. The molecule has 0 spiro atoms. The van der Waals surface area contributed by atoms with Crippen LogP contribution in [0.3, 0.4) is 0 Å². The van der Waals surface area contributed by atoms with Crippen molar-refractivity contribution in [2.75, 3.05) is 26.2 Å². The van der Waals surface area contributed by atoms with E-state index in [4.69, 9.17) is 0 Å². The summed E-state index contributed by atoms with van der Waals surface area (Å²) in [5.74, 6) is -0.437. The van der Waals surface area contributed by atoms with E-state index in [1.807, 2.05) is 36.4 Å². The number of benzene rings is 2. The zero-order valence-corrected chi connectivity index (χ0v) is 15.3. The fourth-order valence-electron chi connectivity index (χ4n) is 3.16. The molecule has 6 nitrogen and oxygen atoms in total. The zero-order valence-electron chi connectivity index (χ0n) is 15.3. The third kappa shape index (κ3) is 4.53. The minimum absolute atomic E-state index is 0.0130. The Morgan fingerprint density at radius 3 is 1.89 bits per heavy atom. The second-order valence-corrected chi connectivity index (χ2v) is 6.51. The molecule has 140 valence electrons. The summed E-state index contributed by atoms with van der Waals surface area (Å²) in [5, 5.41) is 2.87. The second kappa shape index (κ2) is 8.49. The molecule has 2 aromatic carbocycles. The number of amides is 3. The molecule has 1 unspecified atom stereocenters. The molecule has 1 heterocycles. The lowest BCUT2D eigenvalue weighted by molar-refractivity contribution is -0.139. The third-order valence-electron chi connectivity index (χ3n) is 4.73. The Hall–Kier alpha value is -3.15. The van der Waals surface area contributed by atoms with Crippen molar-refractivity contribution in [3.63, 3.8) is 0 Å². The van der Waals surface area contributed by atoms with Gasteiger partial charge in [0.1, 0.15) is 6.04 Å². The first kappa shape index (κ1) is 18.6. The molecule has 27 heavy (non-hydrogen) atoms. The van der Waals surface area contributed by atoms with Crippen molar-refractivity contribution in [3.05, 3.63) is 71.8 Å². The van der Waals surface area contributed by atoms with Gasteiger partial charge in [0, 0.05) is 38.7 Å². The SMILES string of the molecule is CC(=O)N1CCN(C(=O)C(NC(=O)c2ccccc2)c2ccccc2)CC1. The van der Waals surface area contributed by atoms with E-state index in [1.54, 1.807) is 34.1 Å². The summed E-state index contributed by atoms with van der Waals surface area (Å²) in [7, 11) is 0. The molecule has 3 rings (SSSR count). The quantitative estimate of drug-likeness (QED) is 0.899. The molecule has 1 atom stereocenters. The highest BCUT2D eigenvalue weighted by atomic mass is 16.2. The number of hydrogen-bond donors (Lipinski definition) is 1. The number of piperazine rings is 1. The van der Waals surface area contributed by atoms with E-state index >= 15 is 0 Å². The minimum Gasteiger partial charge on any atom is -0.339 e. The molecular formula is C21H23N3O3. The van der Waals surface area contributed by atoms with Crippen LogP contribution in [0.25, 0.3) is 0 Å². The van der Waals surface area contributed by atoms with Crippen LogP contribution in [0.2, 0.25) is 0 Å². The number of nitrogens with zero attached hydrogens (tertiary/aromatic N) is 2. The highest BCUT2D eigenvalue weighted by Gasteiger charge is 2.30. The number of nitrogens with one attached hydrogen (secondary N) is 1. The summed E-state index contributed by atoms with van der Waals surface area (Å²) in [6.45, 7) is 3.47. The average molecular weight is 365 g/mol. The van der Waals surface area contributed by atoms with Gasteiger partial charge in [0.25, 0.3) is 5.91 Å². The summed E-state index contributed by atoms with van der Waals surface area (Å²) in [5.41, 5.74) is 1.24. The van der Waals surface area contributed by atoms with E-state index < -0.39 is 6.04 Å². The third-order valence-corrected chi connectivity index (χ3v) is 4.73. The Bertz CT molecular complexity index is 800. The molecule has 1 N–H and O–H groups in total. The van der Waals surface area contributed by atoms with Crippen LogP contribution in [-0.4, -0.2) is 53.7 Å². The van der Waals surface area contributed by atoms with Gasteiger partial charge >= 0.3 is 0 Å². The standard InChI is InChI=1S/C21H23N3O3/c1-16(25)23-12-14-24(15-13-23)21(27)19(17-8-4-2-5-9-17)22-20(26)18-10-6-3-7-11-18/h2-11,19H,12-15H2,1H3,(H,22,26). The molecule has 0 aromatic heterocycles. The Morgan fingerprint density at radius 1 is 0.815 bits per heavy atom. The van der Waals surface area contributed by atoms with Crippen LogP contribution in [-0.2, 0) is 9.59 Å². The molecule has 2 aromatic rings. The maximum atomic E-state index is 13.1.